The predicted molar refractivity (Wildman–Crippen MR) is 126 cm³/mol. The van der Waals surface area contributed by atoms with Gasteiger partial charge in [0.05, 0.1) is 29.2 Å². The molecule has 2 aliphatic rings. The lowest BCUT2D eigenvalue weighted by Gasteiger charge is -2.35. The van der Waals surface area contributed by atoms with Gasteiger partial charge >= 0.3 is 0 Å². The second kappa shape index (κ2) is 8.58. The van der Waals surface area contributed by atoms with Crippen LogP contribution in [0, 0.1) is 0 Å². The molecule has 0 bridgehead atoms. The van der Waals surface area contributed by atoms with Gasteiger partial charge in [-0.2, -0.15) is 9.49 Å². The molecule has 0 radical (unpaired) electrons. The van der Waals surface area contributed by atoms with E-state index in [9.17, 15) is 0 Å². The van der Waals surface area contributed by atoms with E-state index in [0.717, 1.165) is 48.3 Å². The van der Waals surface area contributed by atoms with Crippen LogP contribution in [0.2, 0.25) is 0 Å². The number of aromatic amines is 1. The smallest absolute Gasteiger partial charge is 0.221 e. The van der Waals surface area contributed by atoms with Crippen LogP contribution >= 0.6 is 0 Å². The molecule has 1 saturated heterocycles. The Morgan fingerprint density at radius 3 is 2.72 bits per heavy atom. The van der Waals surface area contributed by atoms with E-state index in [1.165, 1.54) is 0 Å². The number of aliphatic imine (C=N–C) groups is 1. The van der Waals surface area contributed by atoms with Gasteiger partial charge in [0.15, 0.2) is 0 Å². The molecule has 1 fully saturated rings. The molecule has 1 aromatic carbocycles. The van der Waals surface area contributed by atoms with Crippen LogP contribution in [-0.2, 0) is 0 Å². The number of nitrogens with one attached hydrogen (secondary N) is 3. The number of fused-ring (bicyclic) bond motifs is 1. The number of nitrogens with zero attached hydrogens (tertiary/aromatic N) is 5. The van der Waals surface area contributed by atoms with Crippen LogP contribution < -0.4 is 15.5 Å². The Bertz CT molecular complexity index is 1140. The van der Waals surface area contributed by atoms with E-state index in [1.54, 1.807) is 6.20 Å². The first kappa shape index (κ1) is 20.4. The molecule has 9 heteroatoms. The van der Waals surface area contributed by atoms with Gasteiger partial charge in [-0.3, -0.25) is 5.10 Å². The molecule has 0 spiro atoms. The number of aromatic nitrogens is 3. The fourth-order valence-electron chi connectivity index (χ4n) is 4.07. The Morgan fingerprint density at radius 2 is 1.97 bits per heavy atom. The minimum absolute atomic E-state index is 0.107. The van der Waals surface area contributed by atoms with Crippen molar-refractivity contribution in [3.63, 3.8) is 0 Å². The van der Waals surface area contributed by atoms with Gasteiger partial charge in [0.1, 0.15) is 5.82 Å². The highest BCUT2D eigenvalue weighted by atomic mass is 19.1. The quantitative estimate of drug-likeness (QED) is 0.572. The summed E-state index contributed by atoms with van der Waals surface area (Å²) < 4.78 is 15.1. The first-order valence-corrected chi connectivity index (χ1v) is 10.9. The lowest BCUT2D eigenvalue weighted by Crippen LogP contribution is -2.44. The number of halogens is 1. The van der Waals surface area contributed by atoms with Gasteiger partial charge in [-0.05, 0) is 37.6 Å². The van der Waals surface area contributed by atoms with Gasteiger partial charge < -0.3 is 20.4 Å². The molecule has 4 heterocycles. The van der Waals surface area contributed by atoms with Crippen molar-refractivity contribution in [2.45, 2.75) is 26.2 Å². The van der Waals surface area contributed by atoms with E-state index < -0.39 is 12.3 Å². The highest BCUT2D eigenvalue weighted by Gasteiger charge is 2.27. The molecule has 2 aromatic heterocycles. The number of rotatable bonds is 5. The van der Waals surface area contributed by atoms with Crippen molar-refractivity contribution in [2.75, 3.05) is 36.4 Å². The molecule has 5 rings (SSSR count). The van der Waals surface area contributed by atoms with E-state index in [2.05, 4.69) is 49.6 Å². The average Bonchev–Trinajstić information content (AvgIpc) is 3.28. The normalized spacial score (nSPS) is 19.3. The van der Waals surface area contributed by atoms with Gasteiger partial charge in [0, 0.05) is 43.8 Å². The number of hydrogen-bond donors (Lipinski definition) is 3. The molecular weight excluding hydrogens is 407 g/mol. The molecule has 0 amide bonds. The van der Waals surface area contributed by atoms with E-state index in [0.29, 0.717) is 11.4 Å². The number of pyridine rings is 1. The number of piperazine rings is 1. The molecule has 166 valence electrons. The van der Waals surface area contributed by atoms with Crippen LogP contribution in [0.4, 0.5) is 15.9 Å². The van der Waals surface area contributed by atoms with Gasteiger partial charge in [0.2, 0.25) is 12.3 Å². The van der Waals surface area contributed by atoms with Crippen LogP contribution in [0.15, 0.2) is 53.9 Å². The van der Waals surface area contributed by atoms with Crippen molar-refractivity contribution in [1.82, 2.24) is 25.4 Å². The maximum Gasteiger partial charge on any atom is 0.221 e. The average molecular weight is 435 g/mol. The maximum atomic E-state index is 15.1. The molecule has 3 N–H and O–H groups in total. The van der Waals surface area contributed by atoms with E-state index in [4.69, 9.17) is 0 Å². The Morgan fingerprint density at radius 1 is 1.12 bits per heavy atom. The molecule has 8 nitrogen and oxygen atoms in total. The predicted octanol–water partition coefficient (Wildman–Crippen LogP) is 3.20. The molecule has 2 aliphatic heterocycles. The summed E-state index contributed by atoms with van der Waals surface area (Å²) in [6, 6.07) is 9.79. The SMILES string of the molecule is CC(C)N1C=C(c2ccc3cn[nH]c3c2)C(F)=NC1Nc1ccc(N2CCNCC2)cn1. The standard InChI is InChI=1S/C23H27FN8/c1-15(2)32-14-19(16-3-4-17-12-27-30-20(17)11-16)22(24)29-23(32)28-21-6-5-18(13-26-21)31-9-7-25-8-10-31/h3-6,11-15,23,25H,7-10H2,1-2H3,(H,26,28)(H,27,30). The molecule has 32 heavy (non-hydrogen) atoms. The third kappa shape index (κ3) is 4.03. The fourth-order valence-corrected chi connectivity index (χ4v) is 4.07. The van der Waals surface area contributed by atoms with Crippen LogP contribution in [0.25, 0.3) is 16.5 Å². The first-order valence-electron chi connectivity index (χ1n) is 10.9. The zero-order valence-electron chi connectivity index (χ0n) is 18.2. The number of H-pyrrole nitrogens is 1. The highest BCUT2D eigenvalue weighted by Crippen LogP contribution is 2.28. The van der Waals surface area contributed by atoms with E-state index in [-0.39, 0.29) is 6.04 Å². The minimum atomic E-state index is -0.577. The first-order chi connectivity index (χ1) is 15.6. The monoisotopic (exact) mass is 434 g/mol. The zero-order valence-corrected chi connectivity index (χ0v) is 18.2. The maximum absolute atomic E-state index is 15.1. The van der Waals surface area contributed by atoms with Gasteiger partial charge in [-0.1, -0.05) is 12.1 Å². The largest absolute Gasteiger partial charge is 0.368 e. The highest BCUT2D eigenvalue weighted by molar-refractivity contribution is 6.20. The third-order valence-electron chi connectivity index (χ3n) is 5.87. The molecule has 1 atom stereocenters. The van der Waals surface area contributed by atoms with Gasteiger partial charge in [-0.25, -0.2) is 9.98 Å². The summed E-state index contributed by atoms with van der Waals surface area (Å²) in [5.41, 5.74) is 3.16. The fraction of sp³-hybridized carbons (Fsp3) is 0.348. The topological polar surface area (TPSA) is 84.5 Å². The Hall–Kier alpha value is -3.46. The summed E-state index contributed by atoms with van der Waals surface area (Å²) in [4.78, 5) is 13.2. The summed E-state index contributed by atoms with van der Waals surface area (Å²) in [6.07, 6.45) is 4.86. The van der Waals surface area contributed by atoms with Crippen LogP contribution in [0.3, 0.4) is 0 Å². The molecule has 0 saturated carbocycles. The summed E-state index contributed by atoms with van der Waals surface area (Å²) in [5.74, 6) is 0.155. The van der Waals surface area contributed by atoms with Crippen molar-refractivity contribution in [2.24, 2.45) is 4.99 Å². The van der Waals surface area contributed by atoms with E-state index in [1.807, 2.05) is 47.6 Å². The minimum Gasteiger partial charge on any atom is -0.368 e. The molecule has 1 unspecified atom stereocenters. The van der Waals surface area contributed by atoms with E-state index >= 15 is 4.39 Å². The summed E-state index contributed by atoms with van der Waals surface area (Å²) >= 11 is 0. The Balaban J connectivity index is 1.36. The summed E-state index contributed by atoms with van der Waals surface area (Å²) in [5, 5.41) is 14.6. The molecule has 0 aliphatic carbocycles. The van der Waals surface area contributed by atoms with Gasteiger partial charge in [-0.15, -0.1) is 0 Å². The zero-order chi connectivity index (χ0) is 22.1. The number of benzene rings is 1. The number of anilines is 2. The van der Waals surface area contributed by atoms with Crippen molar-refractivity contribution >= 4 is 33.9 Å². The Kier molecular flexibility index (Phi) is 5.48. The van der Waals surface area contributed by atoms with Gasteiger partial charge in [0.25, 0.3) is 0 Å². The number of allylic oxidation sites excluding steroid dienone is 1. The van der Waals surface area contributed by atoms with Crippen LogP contribution in [-0.4, -0.2) is 64.6 Å². The second-order valence-electron chi connectivity index (χ2n) is 8.33. The lowest BCUT2D eigenvalue weighted by molar-refractivity contribution is 0.251. The van der Waals surface area contributed by atoms with Crippen molar-refractivity contribution in [1.29, 1.82) is 0 Å². The van der Waals surface area contributed by atoms with Crippen molar-refractivity contribution < 1.29 is 4.39 Å². The third-order valence-corrected chi connectivity index (χ3v) is 5.87. The van der Waals surface area contributed by atoms with Crippen LogP contribution in [0.5, 0.6) is 0 Å². The van der Waals surface area contributed by atoms with Crippen molar-refractivity contribution in [3.8, 4) is 0 Å². The number of hydrogen-bond acceptors (Lipinski definition) is 7. The summed E-state index contributed by atoms with van der Waals surface area (Å²) in [6.45, 7) is 7.99. The molecular formula is C23H27FN8. The van der Waals surface area contributed by atoms with Crippen molar-refractivity contribution in [3.05, 3.63) is 54.5 Å². The van der Waals surface area contributed by atoms with Crippen LogP contribution in [0.1, 0.15) is 19.4 Å². The summed E-state index contributed by atoms with van der Waals surface area (Å²) in [7, 11) is 0. The second-order valence-corrected chi connectivity index (χ2v) is 8.33. The Labute approximate surface area is 186 Å². The lowest BCUT2D eigenvalue weighted by atomic mass is 10.0. The molecule has 3 aromatic rings.